The number of carbonyl (C=O) groups is 1. The monoisotopic (exact) mass is 330 g/mol. The summed E-state index contributed by atoms with van der Waals surface area (Å²) in [6.45, 7) is 1.86. The van der Waals surface area contributed by atoms with Crippen molar-refractivity contribution >= 4 is 34.3 Å². The first kappa shape index (κ1) is 14.9. The Morgan fingerprint density at radius 2 is 2.18 bits per heavy atom. The van der Waals surface area contributed by atoms with Gasteiger partial charge in [0, 0.05) is 22.0 Å². The van der Waals surface area contributed by atoms with Gasteiger partial charge in [0.1, 0.15) is 10.7 Å². The topological polar surface area (TPSA) is 62.2 Å². The van der Waals surface area contributed by atoms with Gasteiger partial charge in [0.25, 0.3) is 5.91 Å². The predicted octanol–water partition coefficient (Wildman–Crippen LogP) is 3.92. The lowest BCUT2D eigenvalue weighted by Gasteiger charge is -2.08. The van der Waals surface area contributed by atoms with E-state index in [9.17, 15) is 9.90 Å². The molecule has 0 spiro atoms. The normalized spacial score (nSPS) is 10.6. The third-order valence-electron chi connectivity index (χ3n) is 3.24. The van der Waals surface area contributed by atoms with Crippen LogP contribution in [0.5, 0.6) is 0 Å². The fourth-order valence-corrected chi connectivity index (χ4v) is 3.50. The fraction of sp³-hybridized carbons (Fsp3) is 0.125. The van der Waals surface area contributed by atoms with Gasteiger partial charge in [-0.3, -0.25) is 4.79 Å². The number of thiazole rings is 1. The van der Waals surface area contributed by atoms with Gasteiger partial charge in [-0.25, -0.2) is 4.98 Å². The summed E-state index contributed by atoms with van der Waals surface area (Å²) in [7, 11) is 0. The van der Waals surface area contributed by atoms with E-state index < -0.39 is 0 Å². The molecule has 3 aromatic rings. The zero-order valence-corrected chi connectivity index (χ0v) is 13.5. The fourth-order valence-electron chi connectivity index (χ4n) is 1.99. The smallest absolute Gasteiger partial charge is 0.275 e. The van der Waals surface area contributed by atoms with E-state index in [1.165, 1.54) is 11.3 Å². The molecule has 0 atom stereocenters. The summed E-state index contributed by atoms with van der Waals surface area (Å²) in [5.41, 5.74) is 3.84. The van der Waals surface area contributed by atoms with Crippen LogP contribution in [0, 0.1) is 6.92 Å². The Morgan fingerprint density at radius 3 is 2.91 bits per heavy atom. The lowest BCUT2D eigenvalue weighted by Crippen LogP contribution is -2.13. The highest BCUT2D eigenvalue weighted by molar-refractivity contribution is 7.14. The highest BCUT2D eigenvalue weighted by Crippen LogP contribution is 2.26. The van der Waals surface area contributed by atoms with Crippen molar-refractivity contribution in [2.75, 3.05) is 5.32 Å². The standard InChI is InChI=1S/C16H14N2O2S2/c1-10-2-3-11(7-19)6-13(10)17-15(20)14-9-22-16(18-14)12-4-5-21-8-12/h2-6,8-9,19H,7H2,1H3,(H,17,20). The first-order chi connectivity index (χ1) is 10.7. The van der Waals surface area contributed by atoms with E-state index in [4.69, 9.17) is 0 Å². The number of aryl methyl sites for hydroxylation is 1. The molecular formula is C16H14N2O2S2. The van der Waals surface area contributed by atoms with Crippen molar-refractivity contribution in [1.82, 2.24) is 4.98 Å². The van der Waals surface area contributed by atoms with Gasteiger partial charge in [0.2, 0.25) is 0 Å². The van der Waals surface area contributed by atoms with Crippen LogP contribution in [0.1, 0.15) is 21.6 Å². The van der Waals surface area contributed by atoms with Crippen LogP contribution in [-0.2, 0) is 6.61 Å². The van der Waals surface area contributed by atoms with Gasteiger partial charge >= 0.3 is 0 Å². The number of benzene rings is 1. The summed E-state index contributed by atoms with van der Waals surface area (Å²) in [4.78, 5) is 16.7. The van der Waals surface area contributed by atoms with Crippen molar-refractivity contribution in [3.8, 4) is 10.6 Å². The molecule has 0 radical (unpaired) electrons. The van der Waals surface area contributed by atoms with Gasteiger partial charge in [-0.2, -0.15) is 11.3 Å². The van der Waals surface area contributed by atoms with Crippen LogP contribution < -0.4 is 5.32 Å². The van der Waals surface area contributed by atoms with Crippen LogP contribution in [0.15, 0.2) is 40.4 Å². The van der Waals surface area contributed by atoms with E-state index in [0.717, 1.165) is 21.7 Å². The quantitative estimate of drug-likeness (QED) is 0.762. The summed E-state index contributed by atoms with van der Waals surface area (Å²) < 4.78 is 0. The molecule has 0 unspecified atom stereocenters. The van der Waals surface area contributed by atoms with E-state index >= 15 is 0 Å². The maximum Gasteiger partial charge on any atom is 0.275 e. The molecule has 0 aliphatic carbocycles. The molecule has 0 aliphatic rings. The number of aliphatic hydroxyl groups excluding tert-OH is 1. The zero-order chi connectivity index (χ0) is 15.5. The Bertz CT molecular complexity index is 794. The van der Waals surface area contributed by atoms with Gasteiger partial charge in [0.05, 0.1) is 6.61 Å². The zero-order valence-electron chi connectivity index (χ0n) is 11.9. The van der Waals surface area contributed by atoms with Crippen LogP contribution in [0.3, 0.4) is 0 Å². The van der Waals surface area contributed by atoms with Gasteiger partial charge in [0.15, 0.2) is 0 Å². The van der Waals surface area contributed by atoms with Gasteiger partial charge in [-0.05, 0) is 35.6 Å². The third kappa shape index (κ3) is 3.09. The first-order valence-corrected chi connectivity index (χ1v) is 8.49. The highest BCUT2D eigenvalue weighted by Gasteiger charge is 2.13. The summed E-state index contributed by atoms with van der Waals surface area (Å²) in [5.74, 6) is -0.240. The molecule has 1 amide bonds. The minimum atomic E-state index is -0.240. The molecule has 1 aromatic carbocycles. The molecule has 2 N–H and O–H groups in total. The molecule has 6 heteroatoms. The largest absolute Gasteiger partial charge is 0.392 e. The van der Waals surface area contributed by atoms with Crippen LogP contribution in [-0.4, -0.2) is 16.0 Å². The molecular weight excluding hydrogens is 316 g/mol. The van der Waals surface area contributed by atoms with Crippen LogP contribution in [0.4, 0.5) is 5.69 Å². The second kappa shape index (κ2) is 6.39. The molecule has 4 nitrogen and oxygen atoms in total. The van der Waals surface area contributed by atoms with Crippen LogP contribution in [0.25, 0.3) is 10.6 Å². The third-order valence-corrected chi connectivity index (χ3v) is 4.81. The van der Waals surface area contributed by atoms with Crippen LogP contribution >= 0.6 is 22.7 Å². The minimum Gasteiger partial charge on any atom is -0.392 e. The van der Waals surface area contributed by atoms with E-state index in [-0.39, 0.29) is 12.5 Å². The molecule has 3 rings (SSSR count). The van der Waals surface area contributed by atoms with Crippen molar-refractivity contribution < 1.29 is 9.90 Å². The van der Waals surface area contributed by atoms with Gasteiger partial charge < -0.3 is 10.4 Å². The SMILES string of the molecule is Cc1ccc(CO)cc1NC(=O)c1csc(-c2ccsc2)n1. The second-order valence-electron chi connectivity index (χ2n) is 4.81. The number of hydrogen-bond donors (Lipinski definition) is 2. The number of thiophene rings is 1. The number of nitrogens with zero attached hydrogens (tertiary/aromatic N) is 1. The second-order valence-corrected chi connectivity index (χ2v) is 6.45. The molecule has 0 bridgehead atoms. The van der Waals surface area contributed by atoms with E-state index in [1.54, 1.807) is 22.8 Å². The predicted molar refractivity (Wildman–Crippen MR) is 90.5 cm³/mol. The molecule has 112 valence electrons. The number of nitrogens with one attached hydrogen (secondary N) is 1. The summed E-state index contributed by atoms with van der Waals surface area (Å²) in [6, 6.07) is 7.47. The maximum atomic E-state index is 12.3. The van der Waals surface area contributed by atoms with E-state index in [2.05, 4.69) is 10.3 Å². The maximum absolute atomic E-state index is 12.3. The van der Waals surface area contributed by atoms with Crippen molar-refractivity contribution in [3.05, 3.63) is 57.2 Å². The number of carbonyl (C=O) groups excluding carboxylic acids is 1. The number of anilines is 1. The Kier molecular flexibility index (Phi) is 4.33. The lowest BCUT2D eigenvalue weighted by molar-refractivity contribution is 0.102. The minimum absolute atomic E-state index is 0.0534. The number of aliphatic hydroxyl groups is 1. The Morgan fingerprint density at radius 1 is 1.32 bits per heavy atom. The van der Waals surface area contributed by atoms with Crippen molar-refractivity contribution in [1.29, 1.82) is 0 Å². The summed E-state index contributed by atoms with van der Waals surface area (Å²) in [6.07, 6.45) is 0. The van der Waals surface area contributed by atoms with Crippen molar-refractivity contribution in [3.63, 3.8) is 0 Å². The van der Waals surface area contributed by atoms with Crippen LogP contribution in [0.2, 0.25) is 0 Å². The molecule has 0 saturated carbocycles. The molecule has 2 aromatic heterocycles. The Balaban J connectivity index is 1.80. The molecule has 0 aliphatic heterocycles. The summed E-state index contributed by atoms with van der Waals surface area (Å²) in [5, 5.41) is 18.6. The number of hydrogen-bond acceptors (Lipinski definition) is 5. The van der Waals surface area contributed by atoms with E-state index in [1.807, 2.05) is 35.9 Å². The highest BCUT2D eigenvalue weighted by atomic mass is 32.1. The molecule has 2 heterocycles. The van der Waals surface area contributed by atoms with E-state index in [0.29, 0.717) is 11.4 Å². The Hall–Kier alpha value is -2.02. The molecule has 0 fully saturated rings. The lowest BCUT2D eigenvalue weighted by atomic mass is 10.1. The summed E-state index contributed by atoms with van der Waals surface area (Å²) >= 11 is 3.06. The van der Waals surface area contributed by atoms with Gasteiger partial charge in [-0.15, -0.1) is 11.3 Å². The van der Waals surface area contributed by atoms with Crippen molar-refractivity contribution in [2.24, 2.45) is 0 Å². The molecule has 0 saturated heterocycles. The first-order valence-electron chi connectivity index (χ1n) is 6.67. The van der Waals surface area contributed by atoms with Crippen molar-refractivity contribution in [2.45, 2.75) is 13.5 Å². The number of aromatic nitrogens is 1. The average molecular weight is 330 g/mol. The number of amides is 1. The Labute approximate surface area is 136 Å². The average Bonchev–Trinajstić information content (AvgIpc) is 3.20. The molecule has 22 heavy (non-hydrogen) atoms. The van der Waals surface area contributed by atoms with Gasteiger partial charge in [-0.1, -0.05) is 12.1 Å². The number of rotatable bonds is 4.